The average Bonchev–Trinajstić information content (AvgIpc) is 2.31. The van der Waals surface area contributed by atoms with Crippen molar-refractivity contribution in [3.8, 4) is 0 Å². The molecule has 0 aromatic heterocycles. The Bertz CT molecular complexity index is 363. The summed E-state index contributed by atoms with van der Waals surface area (Å²) >= 11 is 0. The molecule has 0 saturated carbocycles. The zero-order chi connectivity index (χ0) is 11.6. The first kappa shape index (κ1) is 11.1. The highest BCUT2D eigenvalue weighted by molar-refractivity contribution is 5.77. The lowest BCUT2D eigenvalue weighted by Crippen LogP contribution is -2.54. The van der Waals surface area contributed by atoms with Gasteiger partial charge in [0, 0.05) is 13.0 Å². The second-order valence-corrected chi connectivity index (χ2v) is 4.57. The van der Waals surface area contributed by atoms with Gasteiger partial charge >= 0.3 is 0 Å². The minimum absolute atomic E-state index is 0.0465. The minimum Gasteiger partial charge on any atom is -0.354 e. The number of carbonyl (C=O) groups excluding carboxylic acids is 1. The Hall–Kier alpha value is -1.35. The molecule has 3 heteroatoms. The molecule has 1 atom stereocenters. The Morgan fingerprint density at radius 3 is 2.44 bits per heavy atom. The van der Waals surface area contributed by atoms with E-state index < -0.39 is 0 Å². The highest BCUT2D eigenvalue weighted by atomic mass is 16.1. The topological polar surface area (TPSA) is 32.3 Å². The molecule has 1 fully saturated rings. The van der Waals surface area contributed by atoms with Gasteiger partial charge in [-0.05, 0) is 26.1 Å². The number of benzene rings is 1. The molecule has 2 rings (SSSR count). The van der Waals surface area contributed by atoms with Crippen LogP contribution in [0.15, 0.2) is 30.3 Å². The van der Waals surface area contributed by atoms with Crippen LogP contribution in [-0.4, -0.2) is 31.4 Å². The monoisotopic (exact) mass is 218 g/mol. The fourth-order valence-electron chi connectivity index (χ4n) is 2.38. The molecule has 1 aromatic carbocycles. The van der Waals surface area contributed by atoms with Crippen LogP contribution in [0.25, 0.3) is 0 Å². The van der Waals surface area contributed by atoms with E-state index in [2.05, 4.69) is 48.6 Å². The summed E-state index contributed by atoms with van der Waals surface area (Å²) in [6, 6.07) is 10.4. The molecule has 86 valence electrons. The average molecular weight is 218 g/mol. The summed E-state index contributed by atoms with van der Waals surface area (Å²) in [7, 11) is 4.15. The molecular formula is C13H18N2O. The summed E-state index contributed by atoms with van der Waals surface area (Å²) in [4.78, 5) is 13.5. The van der Waals surface area contributed by atoms with Crippen molar-refractivity contribution < 1.29 is 4.79 Å². The lowest BCUT2D eigenvalue weighted by atomic mass is 9.82. The Morgan fingerprint density at radius 2 is 1.94 bits per heavy atom. The molecule has 0 radical (unpaired) electrons. The van der Waals surface area contributed by atoms with Gasteiger partial charge in [-0.15, -0.1) is 0 Å². The Morgan fingerprint density at radius 1 is 1.25 bits per heavy atom. The second kappa shape index (κ2) is 4.26. The number of nitrogens with zero attached hydrogens (tertiary/aromatic N) is 1. The van der Waals surface area contributed by atoms with Crippen LogP contribution < -0.4 is 5.32 Å². The third kappa shape index (κ3) is 1.83. The molecule has 1 saturated heterocycles. The third-order valence-electron chi connectivity index (χ3n) is 3.51. The molecule has 1 N–H and O–H groups in total. The molecule has 0 bridgehead atoms. The minimum atomic E-state index is -0.0465. The molecule has 1 aliphatic heterocycles. The molecule has 16 heavy (non-hydrogen) atoms. The maximum atomic E-state index is 11.3. The van der Waals surface area contributed by atoms with Gasteiger partial charge < -0.3 is 5.32 Å². The molecule has 1 unspecified atom stereocenters. The number of piperidine rings is 1. The predicted octanol–water partition coefficient (Wildman–Crippen LogP) is 1.35. The first-order chi connectivity index (χ1) is 7.65. The van der Waals surface area contributed by atoms with Gasteiger partial charge in [-0.1, -0.05) is 30.3 Å². The first-order valence-electron chi connectivity index (χ1n) is 5.65. The van der Waals surface area contributed by atoms with E-state index in [1.807, 2.05) is 6.07 Å². The van der Waals surface area contributed by atoms with Crippen LogP contribution in [-0.2, 0) is 10.3 Å². The number of nitrogens with one attached hydrogen (secondary N) is 1. The van der Waals surface area contributed by atoms with Crippen molar-refractivity contribution in [3.05, 3.63) is 35.9 Å². The summed E-state index contributed by atoms with van der Waals surface area (Å²) in [6.07, 6.45) is 1.49. The van der Waals surface area contributed by atoms with E-state index >= 15 is 0 Å². The molecule has 1 heterocycles. The number of amides is 1. The molecule has 0 spiro atoms. The lowest BCUT2D eigenvalue weighted by molar-refractivity contribution is -0.124. The van der Waals surface area contributed by atoms with Gasteiger partial charge in [-0.25, -0.2) is 0 Å². The van der Waals surface area contributed by atoms with Crippen LogP contribution in [0.4, 0.5) is 0 Å². The first-order valence-corrected chi connectivity index (χ1v) is 5.65. The maximum Gasteiger partial charge on any atom is 0.220 e. The van der Waals surface area contributed by atoms with E-state index in [0.717, 1.165) is 6.42 Å². The largest absolute Gasteiger partial charge is 0.354 e. The van der Waals surface area contributed by atoms with Crippen LogP contribution in [0.5, 0.6) is 0 Å². The molecular weight excluding hydrogens is 200 g/mol. The smallest absolute Gasteiger partial charge is 0.220 e. The normalized spacial score (nSPS) is 25.6. The van der Waals surface area contributed by atoms with Gasteiger partial charge in [0.05, 0.1) is 5.54 Å². The number of hydrogen-bond acceptors (Lipinski definition) is 2. The summed E-state index contributed by atoms with van der Waals surface area (Å²) < 4.78 is 0. The number of rotatable bonds is 2. The number of likely N-dealkylation sites (N-methyl/N-ethyl adjacent to an activating group) is 1. The van der Waals surface area contributed by atoms with Crippen LogP contribution in [0.3, 0.4) is 0 Å². The van der Waals surface area contributed by atoms with E-state index in [0.29, 0.717) is 13.0 Å². The van der Waals surface area contributed by atoms with Crippen molar-refractivity contribution in [1.29, 1.82) is 0 Å². The molecule has 1 aliphatic rings. The van der Waals surface area contributed by atoms with Crippen LogP contribution >= 0.6 is 0 Å². The molecule has 0 aliphatic carbocycles. The summed E-state index contributed by atoms with van der Waals surface area (Å²) in [5.74, 6) is 0.161. The Kier molecular flexibility index (Phi) is 2.97. The quantitative estimate of drug-likeness (QED) is 0.812. The summed E-state index contributed by atoms with van der Waals surface area (Å²) in [6.45, 7) is 0.697. The van der Waals surface area contributed by atoms with Crippen molar-refractivity contribution in [1.82, 2.24) is 10.2 Å². The Balaban J connectivity index is 2.33. The molecule has 3 nitrogen and oxygen atoms in total. The summed E-state index contributed by atoms with van der Waals surface area (Å²) in [5.41, 5.74) is 1.23. The van der Waals surface area contributed by atoms with Gasteiger partial charge in [0.2, 0.25) is 5.91 Å². The number of hydrogen-bond donors (Lipinski definition) is 1. The van der Waals surface area contributed by atoms with E-state index in [4.69, 9.17) is 0 Å². The van der Waals surface area contributed by atoms with Crippen molar-refractivity contribution in [2.75, 3.05) is 20.6 Å². The van der Waals surface area contributed by atoms with E-state index in [1.54, 1.807) is 0 Å². The highest BCUT2D eigenvalue weighted by Crippen LogP contribution is 2.33. The van der Waals surface area contributed by atoms with Crippen LogP contribution in [0.1, 0.15) is 18.4 Å². The predicted molar refractivity (Wildman–Crippen MR) is 64.1 cm³/mol. The van der Waals surface area contributed by atoms with E-state index in [-0.39, 0.29) is 11.4 Å². The van der Waals surface area contributed by atoms with Gasteiger partial charge in [-0.2, -0.15) is 0 Å². The number of carbonyl (C=O) groups is 1. The SMILES string of the molecule is CN(C)C1(c2ccccc2)CCC(=O)NC1. The standard InChI is InChI=1S/C13H18N2O/c1-15(2)13(9-8-12(16)14-10-13)11-6-4-3-5-7-11/h3-7H,8-10H2,1-2H3,(H,14,16). The van der Waals surface area contributed by atoms with Crippen molar-refractivity contribution in [3.63, 3.8) is 0 Å². The zero-order valence-electron chi connectivity index (χ0n) is 9.86. The van der Waals surface area contributed by atoms with Crippen molar-refractivity contribution in [2.45, 2.75) is 18.4 Å². The van der Waals surface area contributed by atoms with Gasteiger partial charge in [0.1, 0.15) is 0 Å². The fourth-order valence-corrected chi connectivity index (χ4v) is 2.38. The van der Waals surface area contributed by atoms with Crippen molar-refractivity contribution in [2.24, 2.45) is 0 Å². The van der Waals surface area contributed by atoms with Crippen LogP contribution in [0, 0.1) is 0 Å². The van der Waals surface area contributed by atoms with Gasteiger partial charge in [0.25, 0.3) is 0 Å². The van der Waals surface area contributed by atoms with Crippen LogP contribution in [0.2, 0.25) is 0 Å². The zero-order valence-corrected chi connectivity index (χ0v) is 9.86. The molecule has 1 amide bonds. The van der Waals surface area contributed by atoms with E-state index in [1.165, 1.54) is 5.56 Å². The highest BCUT2D eigenvalue weighted by Gasteiger charge is 2.38. The lowest BCUT2D eigenvalue weighted by Gasteiger charge is -2.43. The third-order valence-corrected chi connectivity index (χ3v) is 3.51. The van der Waals surface area contributed by atoms with Crippen molar-refractivity contribution >= 4 is 5.91 Å². The van der Waals surface area contributed by atoms with Gasteiger partial charge in [-0.3, -0.25) is 9.69 Å². The maximum absolute atomic E-state index is 11.3. The van der Waals surface area contributed by atoms with Gasteiger partial charge in [0.15, 0.2) is 0 Å². The second-order valence-electron chi connectivity index (χ2n) is 4.57. The Labute approximate surface area is 96.5 Å². The summed E-state index contributed by atoms with van der Waals surface area (Å²) in [5, 5.41) is 2.97. The fraction of sp³-hybridized carbons (Fsp3) is 0.462. The molecule has 1 aromatic rings. The van der Waals surface area contributed by atoms with E-state index in [9.17, 15) is 4.79 Å².